The molecular formula is C51H77N3O8. The molecule has 21 unspecified atom stereocenters. The van der Waals surface area contributed by atoms with Crippen molar-refractivity contribution in [1.82, 2.24) is 10.6 Å². The average Bonchev–Trinajstić information content (AvgIpc) is 3.49. The van der Waals surface area contributed by atoms with Crippen molar-refractivity contribution in [3.05, 3.63) is 47.3 Å². The molecule has 62 heavy (non-hydrogen) atoms. The highest BCUT2D eigenvalue weighted by Crippen LogP contribution is 2.76. The van der Waals surface area contributed by atoms with E-state index in [0.29, 0.717) is 49.3 Å². The molecule has 10 rings (SSSR count). The first kappa shape index (κ1) is 43.8. The third-order valence-corrected chi connectivity index (χ3v) is 20.1. The summed E-state index contributed by atoms with van der Waals surface area (Å²) >= 11 is 0. The molecule has 0 radical (unpaired) electrons. The Kier molecular flexibility index (Phi) is 10.9. The molecule has 7 fully saturated rings. The van der Waals surface area contributed by atoms with Crippen molar-refractivity contribution in [2.24, 2.45) is 75.7 Å². The summed E-state index contributed by atoms with van der Waals surface area (Å²) < 4.78 is 7.11. The molecule has 6 saturated carbocycles. The highest BCUT2D eigenvalue weighted by Gasteiger charge is 2.77. The zero-order valence-corrected chi connectivity index (χ0v) is 37.7. The zero-order valence-electron chi connectivity index (χ0n) is 37.7. The van der Waals surface area contributed by atoms with E-state index >= 15 is 4.79 Å². The number of aliphatic hydroxyl groups is 6. The Balaban J connectivity index is 1.10. The van der Waals surface area contributed by atoms with Crippen molar-refractivity contribution < 1.29 is 40.2 Å². The van der Waals surface area contributed by atoms with Gasteiger partial charge in [0.15, 0.2) is 5.78 Å². The summed E-state index contributed by atoms with van der Waals surface area (Å²) in [4.78, 5) is 15.7. The Morgan fingerprint density at radius 3 is 2.48 bits per heavy atom. The minimum atomic E-state index is -1.64. The molecule has 8 aliphatic carbocycles. The summed E-state index contributed by atoms with van der Waals surface area (Å²) in [5.41, 5.74) is 1.77. The molecule has 11 nitrogen and oxygen atoms in total. The van der Waals surface area contributed by atoms with E-state index in [1.165, 1.54) is 19.3 Å². The van der Waals surface area contributed by atoms with E-state index in [-0.39, 0.29) is 60.6 Å². The largest absolute Gasteiger partial charge is 0.392 e. The van der Waals surface area contributed by atoms with E-state index in [4.69, 9.17) is 10.5 Å². The van der Waals surface area contributed by atoms with Crippen LogP contribution in [0.4, 0.5) is 0 Å². The monoisotopic (exact) mass is 860 g/mol. The average molecular weight is 860 g/mol. The van der Waals surface area contributed by atoms with Crippen LogP contribution in [0.5, 0.6) is 0 Å². The summed E-state index contributed by atoms with van der Waals surface area (Å²) in [6.45, 7) is 7.99. The highest BCUT2D eigenvalue weighted by molar-refractivity contribution is 6.00. The Labute approximate surface area is 369 Å². The van der Waals surface area contributed by atoms with Crippen LogP contribution < -0.4 is 16.4 Å². The molecule has 2 heterocycles. The molecule has 2 bridgehead atoms. The number of carbonyl (C=O) groups is 1. The van der Waals surface area contributed by atoms with Crippen LogP contribution in [0.1, 0.15) is 130 Å². The summed E-state index contributed by atoms with van der Waals surface area (Å²) in [5, 5.41) is 82.0. The van der Waals surface area contributed by atoms with Gasteiger partial charge in [-0.15, -0.1) is 0 Å². The van der Waals surface area contributed by atoms with E-state index in [1.807, 2.05) is 19.2 Å². The number of ketones is 1. The zero-order chi connectivity index (χ0) is 43.7. The molecule has 10 aliphatic rings. The van der Waals surface area contributed by atoms with Gasteiger partial charge in [0.25, 0.3) is 0 Å². The molecule has 1 saturated heterocycles. The lowest BCUT2D eigenvalue weighted by Gasteiger charge is -2.69. The quantitative estimate of drug-likeness (QED) is 0.151. The number of fused-ring (bicyclic) bond motifs is 5. The van der Waals surface area contributed by atoms with Gasteiger partial charge in [-0.3, -0.25) is 4.79 Å². The number of allylic oxidation sites excluding steroid dienone is 5. The number of aliphatic hydroxyl groups excluding tert-OH is 3. The molecule has 11 heteroatoms. The van der Waals surface area contributed by atoms with Gasteiger partial charge in [0, 0.05) is 30.0 Å². The molecule has 21 atom stereocenters. The molecule has 0 aromatic rings. The van der Waals surface area contributed by atoms with Gasteiger partial charge in [-0.2, -0.15) is 0 Å². The first-order valence-electron chi connectivity index (χ1n) is 25.0. The summed E-state index contributed by atoms with van der Waals surface area (Å²) in [7, 11) is 0. The Hall–Kier alpha value is -2.09. The van der Waals surface area contributed by atoms with E-state index < -0.39 is 69.8 Å². The van der Waals surface area contributed by atoms with Gasteiger partial charge in [-0.05, 0) is 154 Å². The molecule has 2 aliphatic heterocycles. The fraction of sp³-hybridized carbons (Fsp3) is 0.824. The number of hydrogen-bond acceptors (Lipinski definition) is 11. The first-order chi connectivity index (χ1) is 29.5. The number of nitrogens with two attached hydrogens (primary N) is 1. The number of ether oxygens (including phenoxy) is 1. The maximum atomic E-state index is 15.7. The second-order valence-electron chi connectivity index (χ2n) is 23.0. The predicted octanol–water partition coefficient (Wildman–Crippen LogP) is 4.89. The minimum absolute atomic E-state index is 0.0766. The molecule has 10 N–H and O–H groups in total. The van der Waals surface area contributed by atoms with E-state index in [9.17, 15) is 30.6 Å². The van der Waals surface area contributed by atoms with Gasteiger partial charge in [-0.25, -0.2) is 0 Å². The maximum absolute atomic E-state index is 15.7. The van der Waals surface area contributed by atoms with Gasteiger partial charge in [0.1, 0.15) is 5.60 Å². The summed E-state index contributed by atoms with van der Waals surface area (Å²) in [5.74, 6) is -1.24. The molecule has 0 aromatic carbocycles. The lowest BCUT2D eigenvalue weighted by molar-refractivity contribution is -0.256. The number of rotatable bonds is 8. The van der Waals surface area contributed by atoms with Gasteiger partial charge in [0.05, 0.1) is 53.6 Å². The first-order valence-corrected chi connectivity index (χ1v) is 25.0. The van der Waals surface area contributed by atoms with Gasteiger partial charge >= 0.3 is 0 Å². The number of Topliss-reactive ketones (excluding diaryl/α,β-unsaturated/α-hetero) is 1. The van der Waals surface area contributed by atoms with Crippen LogP contribution >= 0.6 is 0 Å². The van der Waals surface area contributed by atoms with Crippen molar-refractivity contribution in [2.75, 3.05) is 6.54 Å². The van der Waals surface area contributed by atoms with Gasteiger partial charge < -0.3 is 51.7 Å². The Bertz CT molecular complexity index is 1900. The minimum Gasteiger partial charge on any atom is -0.392 e. The fourth-order valence-corrected chi connectivity index (χ4v) is 17.6. The SMILES string of the molecule is CCCC1CCC2OC3C(CCCCC3(O)C(C)(O)C3CCC4(O)C5=C(NCC(C)O)C(=O)C6C7CCC8C(C9=CNC(N)C=C9)C=CC(CC34C)C5C86CC(O)C7O)C2CC1. The van der Waals surface area contributed by atoms with Crippen molar-refractivity contribution in [1.29, 1.82) is 0 Å². The Morgan fingerprint density at radius 1 is 0.968 bits per heavy atom. The van der Waals surface area contributed by atoms with Crippen LogP contribution in [0.15, 0.2) is 47.3 Å². The van der Waals surface area contributed by atoms with E-state index in [0.717, 1.165) is 56.4 Å². The topological polar surface area (TPSA) is 198 Å². The van der Waals surface area contributed by atoms with Crippen LogP contribution in [-0.2, 0) is 9.53 Å². The molecule has 0 aromatic heterocycles. The number of hydrogen-bond donors (Lipinski definition) is 9. The summed E-state index contributed by atoms with van der Waals surface area (Å²) in [6.07, 6.45) is 19.9. The van der Waals surface area contributed by atoms with Crippen molar-refractivity contribution in [3.8, 4) is 0 Å². The van der Waals surface area contributed by atoms with Crippen molar-refractivity contribution >= 4 is 5.78 Å². The Morgan fingerprint density at radius 2 is 1.74 bits per heavy atom. The smallest absolute Gasteiger partial charge is 0.182 e. The third-order valence-electron chi connectivity index (χ3n) is 20.1. The maximum Gasteiger partial charge on any atom is 0.182 e. The third kappa shape index (κ3) is 6.06. The lowest BCUT2D eigenvalue weighted by Crippen LogP contribution is -2.72. The molecule has 344 valence electrons. The standard InChI is InChI=1S/C51H77N3O8/c1-5-8-28-10-14-32-33-9-6-7-21-51(61,46(33)62-37(32)18-11-28)48(4,59)38-20-22-50(60)42-40-29(23-47(38,50)3)12-15-31(30-13-19-39(52)53-26-30)35-17-16-34-41(45(58)43(42)54-25-27(2)55)49(35,40)24-36(56)44(34)57/h12-13,15,19,26-29,31-41,44,46,53-57,59-61H,5-11,14,16-18,20-25,52H2,1-4H3. The highest BCUT2D eigenvalue weighted by atomic mass is 16.5. The van der Waals surface area contributed by atoms with Crippen LogP contribution in [0.25, 0.3) is 0 Å². The molecule has 1 spiro atoms. The predicted molar refractivity (Wildman–Crippen MR) is 235 cm³/mol. The second kappa shape index (κ2) is 15.5. The van der Waals surface area contributed by atoms with E-state index in [1.54, 1.807) is 6.92 Å². The normalized spacial score (nSPS) is 51.9. The van der Waals surface area contributed by atoms with E-state index in [2.05, 4.69) is 42.7 Å². The molecular weight excluding hydrogens is 783 g/mol. The molecule has 0 amide bonds. The van der Waals surface area contributed by atoms with Crippen molar-refractivity contribution in [3.63, 3.8) is 0 Å². The van der Waals surface area contributed by atoms with Crippen LogP contribution in [-0.4, -0.2) is 96.5 Å². The second-order valence-corrected chi connectivity index (χ2v) is 23.0. The number of carbonyl (C=O) groups excluding carboxylic acids is 1. The number of nitrogens with one attached hydrogen (secondary N) is 2. The van der Waals surface area contributed by atoms with Crippen LogP contribution in [0.2, 0.25) is 0 Å². The van der Waals surface area contributed by atoms with Gasteiger partial charge in [0.2, 0.25) is 0 Å². The van der Waals surface area contributed by atoms with Gasteiger partial charge in [-0.1, -0.05) is 64.2 Å². The lowest BCUT2D eigenvalue weighted by atomic mass is 9.36. The van der Waals surface area contributed by atoms with Crippen LogP contribution in [0.3, 0.4) is 0 Å². The van der Waals surface area contributed by atoms with Crippen molar-refractivity contribution in [2.45, 2.75) is 184 Å². The van der Waals surface area contributed by atoms with Crippen LogP contribution in [0, 0.1) is 70.0 Å². The summed E-state index contributed by atoms with van der Waals surface area (Å²) in [6, 6.07) is 0. The fourth-order valence-electron chi connectivity index (χ4n) is 17.6. The number of dihydropyridines is 1.